The molecule has 0 aliphatic heterocycles. The minimum absolute atomic E-state index is 0.0531. The molecule has 4 unspecified atom stereocenters. The molecule has 5 rings (SSSR count). The molecule has 0 spiro atoms. The molecule has 0 aromatic heterocycles. The molecule has 6 nitrogen and oxygen atoms in total. The number of carbonyl (C=O) groups is 3. The van der Waals surface area contributed by atoms with Crippen molar-refractivity contribution in [1.82, 2.24) is 0 Å². The average molecular weight is 538 g/mol. The number of Topliss-reactive ketones (excluding diaryl/α,β-unsaturated/α-hetero) is 1. The molecule has 2 fully saturated rings. The summed E-state index contributed by atoms with van der Waals surface area (Å²) in [7, 11) is 4.04. The van der Waals surface area contributed by atoms with E-state index in [1.165, 1.54) is 35.5 Å². The molecular weight excluding hydrogens is 498 g/mol. The predicted molar refractivity (Wildman–Crippen MR) is 149 cm³/mol. The van der Waals surface area contributed by atoms with Crippen LogP contribution in [-0.2, 0) is 30.3 Å². The van der Waals surface area contributed by atoms with Crippen LogP contribution in [0.25, 0.3) is 0 Å². The van der Waals surface area contributed by atoms with Crippen molar-refractivity contribution in [2.45, 2.75) is 70.3 Å². The van der Waals surface area contributed by atoms with Gasteiger partial charge in [0.15, 0.2) is 17.1 Å². The molecule has 0 amide bonds. The zero-order chi connectivity index (χ0) is 27.4. The van der Waals surface area contributed by atoms with Crippen LogP contribution in [0.5, 0.6) is 0 Å². The minimum Gasteiger partial charge on any atom is -0.616 e. The summed E-state index contributed by atoms with van der Waals surface area (Å²) in [6.45, 7) is 3.52. The SMILES string of the molecule is CC(=O)O[C@]1(C(=O)C[S+](C)[O-])CCC2C3CCC4=CC(=O)CCC4=C3C(c3ccc(N(C)C)cc3)C[C@@]21C. The Kier molecular flexibility index (Phi) is 7.14. The first-order chi connectivity index (χ1) is 18.0. The van der Waals surface area contributed by atoms with E-state index >= 15 is 0 Å². The number of hydrogen-bond donors (Lipinski definition) is 0. The Hall–Kier alpha value is -2.38. The van der Waals surface area contributed by atoms with Crippen LogP contribution in [0.15, 0.2) is 47.1 Å². The van der Waals surface area contributed by atoms with E-state index in [9.17, 15) is 18.9 Å². The molecule has 2 saturated carbocycles. The fraction of sp³-hybridized carbons (Fsp3) is 0.581. The number of carbonyl (C=O) groups excluding carboxylic acids is 3. The number of esters is 1. The number of allylic oxidation sites excluding steroid dienone is 4. The monoisotopic (exact) mass is 537 g/mol. The Morgan fingerprint density at radius 2 is 1.84 bits per heavy atom. The van der Waals surface area contributed by atoms with Crippen molar-refractivity contribution >= 4 is 34.4 Å². The number of ether oxygens (including phenoxy) is 1. The molecular formula is C31H39NO5S. The van der Waals surface area contributed by atoms with Crippen LogP contribution in [0, 0.1) is 17.3 Å². The van der Waals surface area contributed by atoms with Crippen molar-refractivity contribution in [3.8, 4) is 0 Å². The van der Waals surface area contributed by atoms with E-state index in [1.54, 1.807) is 0 Å². The summed E-state index contributed by atoms with van der Waals surface area (Å²) in [5.74, 6) is -0.0831. The molecule has 0 bridgehead atoms. The highest BCUT2D eigenvalue weighted by molar-refractivity contribution is 7.91. The Labute approximate surface area is 229 Å². The summed E-state index contributed by atoms with van der Waals surface area (Å²) < 4.78 is 18.3. The van der Waals surface area contributed by atoms with Crippen LogP contribution < -0.4 is 4.90 Å². The fourth-order valence-corrected chi connectivity index (χ4v) is 8.78. The van der Waals surface area contributed by atoms with Gasteiger partial charge in [0.25, 0.3) is 0 Å². The molecule has 4 aliphatic rings. The van der Waals surface area contributed by atoms with Gasteiger partial charge in [0, 0.05) is 44.5 Å². The highest BCUT2D eigenvalue weighted by atomic mass is 32.2. The molecule has 4 aliphatic carbocycles. The molecule has 0 N–H and O–H groups in total. The molecule has 6 atom stereocenters. The van der Waals surface area contributed by atoms with Crippen LogP contribution in [0.2, 0.25) is 0 Å². The third kappa shape index (κ3) is 4.36. The molecule has 0 radical (unpaired) electrons. The van der Waals surface area contributed by atoms with E-state index in [0.29, 0.717) is 19.3 Å². The number of nitrogens with zero attached hydrogens (tertiary/aromatic N) is 1. The third-order valence-corrected chi connectivity index (χ3v) is 10.4. The van der Waals surface area contributed by atoms with Crippen molar-refractivity contribution in [2.24, 2.45) is 17.3 Å². The molecule has 1 aromatic carbocycles. The quantitative estimate of drug-likeness (QED) is 0.379. The first-order valence-corrected chi connectivity index (χ1v) is 15.5. The van der Waals surface area contributed by atoms with Gasteiger partial charge in [0.1, 0.15) is 0 Å². The van der Waals surface area contributed by atoms with E-state index < -0.39 is 28.2 Å². The predicted octanol–water partition coefficient (Wildman–Crippen LogP) is 4.90. The van der Waals surface area contributed by atoms with E-state index in [0.717, 1.165) is 31.4 Å². The lowest BCUT2D eigenvalue weighted by Gasteiger charge is -2.55. The van der Waals surface area contributed by atoms with Gasteiger partial charge < -0.3 is 14.2 Å². The van der Waals surface area contributed by atoms with Gasteiger partial charge in [-0.15, -0.1) is 0 Å². The van der Waals surface area contributed by atoms with Gasteiger partial charge in [-0.3, -0.25) is 14.4 Å². The van der Waals surface area contributed by atoms with Crippen molar-refractivity contribution in [3.63, 3.8) is 0 Å². The van der Waals surface area contributed by atoms with Crippen LogP contribution >= 0.6 is 0 Å². The molecule has 7 heteroatoms. The van der Waals surface area contributed by atoms with Crippen molar-refractivity contribution < 1.29 is 23.7 Å². The van der Waals surface area contributed by atoms with Gasteiger partial charge in [-0.05, 0) is 96.5 Å². The number of hydrogen-bond acceptors (Lipinski definition) is 6. The number of anilines is 1. The van der Waals surface area contributed by atoms with Crippen LogP contribution in [0.1, 0.15) is 70.3 Å². The topological polar surface area (TPSA) is 86.7 Å². The molecule has 0 saturated heterocycles. The normalized spacial score (nSPS) is 33.1. The maximum atomic E-state index is 13.8. The van der Waals surface area contributed by atoms with Crippen LogP contribution in [0.4, 0.5) is 5.69 Å². The van der Waals surface area contributed by atoms with Crippen molar-refractivity contribution in [2.75, 3.05) is 31.0 Å². The Morgan fingerprint density at radius 1 is 1.13 bits per heavy atom. The summed E-state index contributed by atoms with van der Waals surface area (Å²) in [5.41, 5.74) is 4.41. The second-order valence-corrected chi connectivity index (χ2v) is 13.5. The number of benzene rings is 1. The van der Waals surface area contributed by atoms with Gasteiger partial charge in [0.05, 0.1) is 6.26 Å². The van der Waals surface area contributed by atoms with Gasteiger partial charge in [0.2, 0.25) is 5.78 Å². The maximum absolute atomic E-state index is 13.8. The highest BCUT2D eigenvalue weighted by Gasteiger charge is 2.68. The summed E-state index contributed by atoms with van der Waals surface area (Å²) in [5, 5.41) is 0. The molecule has 204 valence electrons. The van der Waals surface area contributed by atoms with Gasteiger partial charge >= 0.3 is 5.97 Å². The lowest BCUT2D eigenvalue weighted by Crippen LogP contribution is -2.59. The van der Waals surface area contributed by atoms with Crippen LogP contribution in [-0.4, -0.2) is 53.8 Å². The van der Waals surface area contributed by atoms with Gasteiger partial charge in [-0.1, -0.05) is 24.6 Å². The first kappa shape index (κ1) is 27.2. The van der Waals surface area contributed by atoms with E-state index in [-0.39, 0.29) is 35.1 Å². The highest BCUT2D eigenvalue weighted by Crippen LogP contribution is 2.67. The maximum Gasteiger partial charge on any atom is 0.303 e. The number of ketones is 2. The largest absolute Gasteiger partial charge is 0.616 e. The first-order valence-electron chi connectivity index (χ1n) is 13.7. The molecule has 0 heterocycles. The van der Waals surface area contributed by atoms with Gasteiger partial charge in [-0.2, -0.15) is 0 Å². The Morgan fingerprint density at radius 3 is 2.47 bits per heavy atom. The smallest absolute Gasteiger partial charge is 0.303 e. The average Bonchev–Trinajstić information content (AvgIpc) is 3.15. The zero-order valence-electron chi connectivity index (χ0n) is 23.2. The Balaban J connectivity index is 1.67. The second kappa shape index (κ2) is 9.98. The fourth-order valence-electron chi connectivity index (χ4n) is 8.18. The molecule has 38 heavy (non-hydrogen) atoms. The van der Waals surface area contributed by atoms with Gasteiger partial charge in [-0.25, -0.2) is 0 Å². The van der Waals surface area contributed by atoms with E-state index in [1.807, 2.05) is 20.2 Å². The van der Waals surface area contributed by atoms with E-state index in [2.05, 4.69) is 36.1 Å². The molecule has 1 aromatic rings. The zero-order valence-corrected chi connectivity index (χ0v) is 24.0. The van der Waals surface area contributed by atoms with Crippen molar-refractivity contribution in [1.29, 1.82) is 0 Å². The lowest BCUT2D eigenvalue weighted by molar-refractivity contribution is -0.182. The summed E-state index contributed by atoms with van der Waals surface area (Å²) in [6.07, 6.45) is 8.43. The second-order valence-electron chi connectivity index (χ2n) is 12.1. The standard InChI is InChI=1S/C31H39NO5S/c1-19(33)37-31(28(35)18-38(5)36)15-14-27-25-12-8-21-16-23(34)11-13-24(21)29(25)26(17-30(27,31)2)20-6-9-22(10-7-20)32(3)4/h6-7,9-10,16,25-27H,8,11-15,17-18H2,1-5H3/t25?,26?,27?,30-,31-,38?/m0/s1. The summed E-state index contributed by atoms with van der Waals surface area (Å²) in [4.78, 5) is 40.7. The third-order valence-electron chi connectivity index (χ3n) is 9.77. The lowest BCUT2D eigenvalue weighted by atomic mass is 9.50. The van der Waals surface area contributed by atoms with E-state index in [4.69, 9.17) is 4.74 Å². The van der Waals surface area contributed by atoms with Crippen molar-refractivity contribution in [3.05, 3.63) is 52.6 Å². The Bertz CT molecular complexity index is 1220. The summed E-state index contributed by atoms with van der Waals surface area (Å²) in [6, 6.07) is 8.64. The number of rotatable bonds is 6. The van der Waals surface area contributed by atoms with Crippen LogP contribution in [0.3, 0.4) is 0 Å². The summed E-state index contributed by atoms with van der Waals surface area (Å²) >= 11 is -1.33. The minimum atomic E-state index is -1.33. The number of fused-ring (bicyclic) bond motifs is 4.